The molecule has 3 fully saturated rings. The van der Waals surface area contributed by atoms with E-state index in [1.54, 1.807) is 0 Å². The normalized spacial score (nSPS) is 25.2. The minimum Gasteiger partial charge on any atom is -0.383 e. The highest BCUT2D eigenvalue weighted by molar-refractivity contribution is 7.53. The molecule has 12 heteroatoms. The van der Waals surface area contributed by atoms with Gasteiger partial charge in [-0.25, -0.2) is 0 Å². The highest BCUT2D eigenvalue weighted by Gasteiger charge is 2.31. The lowest BCUT2D eigenvalue weighted by Crippen LogP contribution is -2.57. The molecule has 46 heavy (non-hydrogen) atoms. The third kappa shape index (κ3) is 12.2. The van der Waals surface area contributed by atoms with Crippen molar-refractivity contribution in [3.63, 3.8) is 0 Å². The number of aromatic nitrogens is 2. The van der Waals surface area contributed by atoms with Crippen molar-refractivity contribution in [1.29, 1.82) is 0 Å². The fourth-order valence-electron chi connectivity index (χ4n) is 7.69. The third-order valence-electron chi connectivity index (χ3n) is 10.2. The van der Waals surface area contributed by atoms with Gasteiger partial charge < -0.3 is 35.6 Å². The molecule has 264 valence electrons. The van der Waals surface area contributed by atoms with Gasteiger partial charge in [0.15, 0.2) is 0 Å². The van der Waals surface area contributed by atoms with E-state index in [0.29, 0.717) is 49.1 Å². The van der Waals surface area contributed by atoms with Crippen molar-refractivity contribution < 1.29 is 13.6 Å². The predicted molar refractivity (Wildman–Crippen MR) is 191 cm³/mol. The lowest BCUT2D eigenvalue weighted by molar-refractivity contribution is 0.130. The minimum atomic E-state index is -3.01. The second-order valence-electron chi connectivity index (χ2n) is 14.0. The number of nitrogens with two attached hydrogens (primary N) is 1. The van der Waals surface area contributed by atoms with E-state index in [2.05, 4.69) is 44.6 Å². The lowest BCUT2D eigenvalue weighted by atomic mass is 9.82. The standard InChI is InChI=1S/C34H65N8O3P/c1-5-44-46(43,45-6-2)21-11-20-42-27(3)25-41(26-28(42)4)33-22-32(35)39-34(40-33)38-24-30-16-14-29(15-17-30)23-36-18-10-19-37-31-12-8-7-9-13-31/h22,27-31,36-37H,5-21,23-26H2,1-4H3,(H3,35,38,39,40). The Morgan fingerprint density at radius 1 is 0.891 bits per heavy atom. The maximum atomic E-state index is 12.9. The van der Waals surface area contributed by atoms with Crippen molar-refractivity contribution in [3.05, 3.63) is 6.07 Å². The summed E-state index contributed by atoms with van der Waals surface area (Å²) in [6.45, 7) is 15.9. The predicted octanol–water partition coefficient (Wildman–Crippen LogP) is 5.73. The third-order valence-corrected chi connectivity index (χ3v) is 12.3. The number of hydrogen-bond acceptors (Lipinski definition) is 11. The maximum absolute atomic E-state index is 12.9. The SMILES string of the molecule is CCOP(=O)(CCCN1C(C)CN(c2cc(N)nc(NCC3CCC(CNCCCNC4CCCCC4)CC3)n2)CC1C)OCC. The van der Waals surface area contributed by atoms with Crippen LogP contribution in [0.4, 0.5) is 17.6 Å². The van der Waals surface area contributed by atoms with Crippen molar-refractivity contribution >= 4 is 25.2 Å². The molecule has 0 amide bonds. The van der Waals surface area contributed by atoms with Gasteiger partial charge in [-0.15, -0.1) is 0 Å². The van der Waals surface area contributed by atoms with E-state index in [0.717, 1.165) is 70.0 Å². The largest absolute Gasteiger partial charge is 0.383 e. The lowest BCUT2D eigenvalue weighted by Gasteiger charge is -2.45. The van der Waals surface area contributed by atoms with Crippen molar-refractivity contribution in [3.8, 4) is 0 Å². The average Bonchev–Trinajstić information content (AvgIpc) is 3.04. The Morgan fingerprint density at radius 3 is 2.20 bits per heavy atom. The van der Waals surface area contributed by atoms with Gasteiger partial charge in [-0.3, -0.25) is 9.46 Å². The summed E-state index contributed by atoms with van der Waals surface area (Å²) in [5.41, 5.74) is 6.27. The van der Waals surface area contributed by atoms with Crippen LogP contribution in [0.25, 0.3) is 0 Å². The number of hydrogen-bond donors (Lipinski definition) is 4. The van der Waals surface area contributed by atoms with E-state index in [-0.39, 0.29) is 0 Å². The molecular weight excluding hydrogens is 599 g/mol. The van der Waals surface area contributed by atoms with Crippen molar-refractivity contribution in [2.45, 2.75) is 116 Å². The Morgan fingerprint density at radius 2 is 1.54 bits per heavy atom. The number of nitrogen functional groups attached to an aromatic ring is 1. The first kappa shape index (κ1) is 37.3. The minimum absolute atomic E-state index is 0.317. The van der Waals surface area contributed by atoms with Gasteiger partial charge in [0, 0.05) is 43.8 Å². The molecule has 1 aromatic rings. The van der Waals surface area contributed by atoms with Crippen LogP contribution >= 0.6 is 7.60 Å². The Hall–Kier alpha value is -1.49. The molecule has 1 saturated heterocycles. The van der Waals surface area contributed by atoms with Gasteiger partial charge in [-0.1, -0.05) is 19.3 Å². The smallest absolute Gasteiger partial charge is 0.330 e. The summed E-state index contributed by atoms with van der Waals surface area (Å²) in [5, 5.41) is 11.0. The first-order valence-corrected chi connectivity index (χ1v) is 20.2. The molecular formula is C34H65N8O3P. The van der Waals surface area contributed by atoms with E-state index in [4.69, 9.17) is 19.8 Å². The Kier molecular flexibility index (Phi) is 15.8. The Labute approximate surface area is 279 Å². The summed E-state index contributed by atoms with van der Waals surface area (Å²) in [4.78, 5) is 14.2. The number of rotatable bonds is 19. The van der Waals surface area contributed by atoms with Crippen LogP contribution in [0.1, 0.15) is 98.3 Å². The Balaban J connectivity index is 1.14. The van der Waals surface area contributed by atoms with Gasteiger partial charge in [0.25, 0.3) is 0 Å². The van der Waals surface area contributed by atoms with Gasteiger partial charge in [0.2, 0.25) is 5.95 Å². The summed E-state index contributed by atoms with van der Waals surface area (Å²) in [6, 6.07) is 3.30. The van der Waals surface area contributed by atoms with Gasteiger partial charge in [0.1, 0.15) is 11.6 Å². The molecule has 2 aliphatic carbocycles. The fraction of sp³-hybridized carbons (Fsp3) is 0.882. The van der Waals surface area contributed by atoms with Crippen LogP contribution < -0.4 is 26.6 Å². The number of anilines is 3. The zero-order valence-electron chi connectivity index (χ0n) is 29.4. The van der Waals surface area contributed by atoms with E-state index in [9.17, 15) is 4.57 Å². The van der Waals surface area contributed by atoms with Crippen molar-refractivity contribution in [1.82, 2.24) is 25.5 Å². The van der Waals surface area contributed by atoms with Gasteiger partial charge in [-0.2, -0.15) is 9.97 Å². The molecule has 4 rings (SSSR count). The van der Waals surface area contributed by atoms with Gasteiger partial charge in [-0.05, 0) is 117 Å². The molecule has 2 atom stereocenters. The zero-order valence-corrected chi connectivity index (χ0v) is 30.2. The summed E-state index contributed by atoms with van der Waals surface area (Å²) >= 11 is 0. The highest BCUT2D eigenvalue weighted by Crippen LogP contribution is 2.48. The fourth-order valence-corrected chi connectivity index (χ4v) is 9.34. The molecule has 2 saturated carbocycles. The van der Waals surface area contributed by atoms with Crippen LogP contribution in [0.5, 0.6) is 0 Å². The van der Waals surface area contributed by atoms with Crippen LogP contribution in [-0.2, 0) is 13.6 Å². The topological polar surface area (TPSA) is 130 Å². The monoisotopic (exact) mass is 664 g/mol. The first-order chi connectivity index (χ1) is 22.3. The molecule has 3 aliphatic rings. The highest BCUT2D eigenvalue weighted by atomic mass is 31.2. The molecule has 1 aliphatic heterocycles. The summed E-state index contributed by atoms with van der Waals surface area (Å²) in [5.74, 6) is 3.45. The Bertz CT molecular complexity index is 1030. The van der Waals surface area contributed by atoms with Crippen LogP contribution in [0, 0.1) is 11.8 Å². The number of nitrogens with one attached hydrogen (secondary N) is 3. The quantitative estimate of drug-likeness (QED) is 0.107. The first-order valence-electron chi connectivity index (χ1n) is 18.5. The number of nitrogens with zero attached hydrogens (tertiary/aromatic N) is 4. The van der Waals surface area contributed by atoms with Gasteiger partial charge >= 0.3 is 7.60 Å². The van der Waals surface area contributed by atoms with E-state index in [1.807, 2.05) is 19.9 Å². The summed E-state index contributed by atoms with van der Waals surface area (Å²) in [7, 11) is -3.01. The van der Waals surface area contributed by atoms with E-state index < -0.39 is 7.60 Å². The molecule has 2 unspecified atom stereocenters. The summed E-state index contributed by atoms with van der Waals surface area (Å²) in [6.07, 6.45) is 14.5. The molecule has 0 spiro atoms. The number of piperazine rings is 1. The van der Waals surface area contributed by atoms with Crippen molar-refractivity contribution in [2.75, 3.05) is 81.1 Å². The second kappa shape index (κ2) is 19.5. The van der Waals surface area contributed by atoms with E-state index >= 15 is 0 Å². The van der Waals surface area contributed by atoms with E-state index in [1.165, 1.54) is 64.2 Å². The summed E-state index contributed by atoms with van der Waals surface area (Å²) < 4.78 is 23.9. The van der Waals surface area contributed by atoms with Crippen molar-refractivity contribution in [2.24, 2.45) is 11.8 Å². The zero-order chi connectivity index (χ0) is 32.8. The molecule has 0 aromatic carbocycles. The maximum Gasteiger partial charge on any atom is 0.330 e. The van der Waals surface area contributed by atoms with Crippen LogP contribution in [-0.4, -0.2) is 98.2 Å². The molecule has 2 heterocycles. The van der Waals surface area contributed by atoms with Crippen LogP contribution in [0.15, 0.2) is 6.07 Å². The molecule has 5 N–H and O–H groups in total. The molecule has 1 aromatic heterocycles. The second-order valence-corrected chi connectivity index (χ2v) is 16.1. The van der Waals surface area contributed by atoms with Crippen LogP contribution in [0.2, 0.25) is 0 Å². The molecule has 11 nitrogen and oxygen atoms in total. The molecule has 0 radical (unpaired) electrons. The van der Waals surface area contributed by atoms with Gasteiger partial charge in [0.05, 0.1) is 19.4 Å². The molecule has 0 bridgehead atoms. The van der Waals surface area contributed by atoms with Crippen LogP contribution in [0.3, 0.4) is 0 Å². The average molecular weight is 665 g/mol.